The highest BCUT2D eigenvalue weighted by molar-refractivity contribution is 5.47. The summed E-state index contributed by atoms with van der Waals surface area (Å²) in [6, 6.07) is 3.54. The molecule has 1 aliphatic heterocycles. The van der Waals surface area contributed by atoms with Crippen molar-refractivity contribution in [3.63, 3.8) is 0 Å². The van der Waals surface area contributed by atoms with E-state index in [1.165, 1.54) is 0 Å². The molecule has 1 aromatic rings. The van der Waals surface area contributed by atoms with Crippen LogP contribution in [0.1, 0.15) is 23.6 Å². The van der Waals surface area contributed by atoms with Crippen molar-refractivity contribution >= 4 is 0 Å². The number of phenols is 1. The zero-order chi connectivity index (χ0) is 9.42. The van der Waals surface area contributed by atoms with Crippen LogP contribution < -0.4 is 10.5 Å². The standard InChI is InChI=1S/C10H13NO2/c1-6-4-10-7(5-9(6)12)8(11)2-3-13-10/h4-5,8,12H,2-3,11H2,1H3. The molecule has 0 amide bonds. The number of phenolic OH excluding ortho intramolecular Hbond substituents is 1. The zero-order valence-corrected chi connectivity index (χ0v) is 7.58. The van der Waals surface area contributed by atoms with Crippen LogP contribution in [0.15, 0.2) is 12.1 Å². The Morgan fingerprint density at radius 1 is 1.54 bits per heavy atom. The molecule has 0 saturated carbocycles. The quantitative estimate of drug-likeness (QED) is 0.634. The Bertz CT molecular complexity index is 336. The number of benzene rings is 1. The predicted molar refractivity (Wildman–Crippen MR) is 49.9 cm³/mol. The molecule has 0 fully saturated rings. The molecular weight excluding hydrogens is 166 g/mol. The molecule has 1 aliphatic rings. The van der Waals surface area contributed by atoms with Crippen LogP contribution in [0.3, 0.4) is 0 Å². The van der Waals surface area contributed by atoms with Gasteiger partial charge in [-0.25, -0.2) is 0 Å². The molecule has 2 rings (SSSR count). The molecule has 3 N–H and O–H groups in total. The van der Waals surface area contributed by atoms with Crippen LogP contribution >= 0.6 is 0 Å². The molecule has 0 aliphatic carbocycles. The monoisotopic (exact) mass is 179 g/mol. The Morgan fingerprint density at radius 2 is 2.31 bits per heavy atom. The molecule has 3 nitrogen and oxygen atoms in total. The van der Waals surface area contributed by atoms with Crippen molar-refractivity contribution in [1.29, 1.82) is 0 Å². The Morgan fingerprint density at radius 3 is 3.08 bits per heavy atom. The molecular formula is C10H13NO2. The zero-order valence-electron chi connectivity index (χ0n) is 7.58. The molecule has 0 aromatic heterocycles. The van der Waals surface area contributed by atoms with Gasteiger partial charge in [0.25, 0.3) is 0 Å². The first kappa shape index (κ1) is 8.38. The van der Waals surface area contributed by atoms with Crippen molar-refractivity contribution in [2.24, 2.45) is 5.73 Å². The first-order valence-corrected chi connectivity index (χ1v) is 4.40. The van der Waals surface area contributed by atoms with Crippen molar-refractivity contribution in [2.75, 3.05) is 6.61 Å². The van der Waals surface area contributed by atoms with Gasteiger partial charge in [0.1, 0.15) is 11.5 Å². The van der Waals surface area contributed by atoms with Crippen molar-refractivity contribution in [2.45, 2.75) is 19.4 Å². The van der Waals surface area contributed by atoms with Gasteiger partial charge in [0.05, 0.1) is 6.61 Å². The number of aromatic hydroxyl groups is 1. The minimum absolute atomic E-state index is 0.00440. The van der Waals surface area contributed by atoms with E-state index in [0.29, 0.717) is 12.4 Å². The van der Waals surface area contributed by atoms with Gasteiger partial charge in [-0.05, 0) is 24.6 Å². The lowest BCUT2D eigenvalue weighted by Crippen LogP contribution is -2.20. The van der Waals surface area contributed by atoms with E-state index in [1.54, 1.807) is 6.07 Å². The van der Waals surface area contributed by atoms with Crippen molar-refractivity contribution < 1.29 is 9.84 Å². The van der Waals surface area contributed by atoms with Crippen LogP contribution in [0.5, 0.6) is 11.5 Å². The molecule has 1 heterocycles. The maximum atomic E-state index is 9.48. The number of hydrogen-bond donors (Lipinski definition) is 2. The van der Waals surface area contributed by atoms with Gasteiger partial charge in [0.15, 0.2) is 0 Å². The summed E-state index contributed by atoms with van der Waals surface area (Å²) in [5.41, 5.74) is 7.61. The van der Waals surface area contributed by atoms with Gasteiger partial charge in [0, 0.05) is 18.0 Å². The number of ether oxygens (including phenoxy) is 1. The Kier molecular flexibility index (Phi) is 1.88. The minimum atomic E-state index is -0.00440. The highest BCUT2D eigenvalue weighted by Crippen LogP contribution is 2.35. The van der Waals surface area contributed by atoms with E-state index in [2.05, 4.69) is 0 Å². The summed E-state index contributed by atoms with van der Waals surface area (Å²) in [6.45, 7) is 2.51. The van der Waals surface area contributed by atoms with Crippen LogP contribution in [-0.2, 0) is 0 Å². The van der Waals surface area contributed by atoms with Crippen LogP contribution in [0, 0.1) is 6.92 Å². The van der Waals surface area contributed by atoms with Gasteiger partial charge in [-0.15, -0.1) is 0 Å². The first-order chi connectivity index (χ1) is 6.18. The van der Waals surface area contributed by atoms with E-state index >= 15 is 0 Å². The Hall–Kier alpha value is -1.22. The average Bonchev–Trinajstić information content (AvgIpc) is 2.09. The minimum Gasteiger partial charge on any atom is -0.508 e. The summed E-state index contributed by atoms with van der Waals surface area (Å²) in [7, 11) is 0. The molecule has 0 radical (unpaired) electrons. The van der Waals surface area contributed by atoms with Crippen LogP contribution in [-0.4, -0.2) is 11.7 Å². The average molecular weight is 179 g/mol. The van der Waals surface area contributed by atoms with Crippen LogP contribution in [0.25, 0.3) is 0 Å². The first-order valence-electron chi connectivity index (χ1n) is 4.40. The maximum Gasteiger partial charge on any atom is 0.124 e. The number of nitrogens with two attached hydrogens (primary N) is 1. The van der Waals surface area contributed by atoms with E-state index < -0.39 is 0 Å². The lowest BCUT2D eigenvalue weighted by molar-refractivity contribution is 0.268. The van der Waals surface area contributed by atoms with E-state index in [4.69, 9.17) is 10.5 Å². The van der Waals surface area contributed by atoms with Crippen molar-refractivity contribution in [3.05, 3.63) is 23.3 Å². The second-order valence-corrected chi connectivity index (χ2v) is 3.42. The normalized spacial score (nSPS) is 20.6. The van der Waals surface area contributed by atoms with Crippen LogP contribution in [0.2, 0.25) is 0 Å². The Balaban J connectivity index is 2.52. The summed E-state index contributed by atoms with van der Waals surface area (Å²) in [5, 5.41) is 9.48. The van der Waals surface area contributed by atoms with Gasteiger partial charge >= 0.3 is 0 Å². The van der Waals surface area contributed by atoms with E-state index in [0.717, 1.165) is 23.3 Å². The smallest absolute Gasteiger partial charge is 0.124 e. The number of hydrogen-bond acceptors (Lipinski definition) is 3. The van der Waals surface area contributed by atoms with Gasteiger partial charge < -0.3 is 15.6 Å². The van der Waals surface area contributed by atoms with Gasteiger partial charge in [-0.1, -0.05) is 0 Å². The fourth-order valence-corrected chi connectivity index (χ4v) is 1.55. The van der Waals surface area contributed by atoms with E-state index in [1.807, 2.05) is 13.0 Å². The summed E-state index contributed by atoms with van der Waals surface area (Å²) >= 11 is 0. The second-order valence-electron chi connectivity index (χ2n) is 3.42. The number of fused-ring (bicyclic) bond motifs is 1. The number of rotatable bonds is 0. The van der Waals surface area contributed by atoms with Crippen LogP contribution in [0.4, 0.5) is 0 Å². The lowest BCUT2D eigenvalue weighted by Gasteiger charge is -2.23. The van der Waals surface area contributed by atoms with Gasteiger partial charge in [-0.3, -0.25) is 0 Å². The maximum absolute atomic E-state index is 9.48. The lowest BCUT2D eigenvalue weighted by atomic mass is 9.99. The fourth-order valence-electron chi connectivity index (χ4n) is 1.55. The number of aryl methyl sites for hydroxylation is 1. The highest BCUT2D eigenvalue weighted by atomic mass is 16.5. The van der Waals surface area contributed by atoms with E-state index in [-0.39, 0.29) is 6.04 Å². The predicted octanol–water partition coefficient (Wildman–Crippen LogP) is 1.48. The van der Waals surface area contributed by atoms with Gasteiger partial charge in [0.2, 0.25) is 0 Å². The van der Waals surface area contributed by atoms with Gasteiger partial charge in [-0.2, -0.15) is 0 Å². The summed E-state index contributed by atoms with van der Waals surface area (Å²) in [6.07, 6.45) is 0.815. The highest BCUT2D eigenvalue weighted by Gasteiger charge is 2.19. The molecule has 0 bridgehead atoms. The van der Waals surface area contributed by atoms with Crippen molar-refractivity contribution in [3.8, 4) is 11.5 Å². The third kappa shape index (κ3) is 1.35. The molecule has 1 unspecified atom stereocenters. The molecule has 1 atom stereocenters. The second kappa shape index (κ2) is 2.92. The molecule has 70 valence electrons. The summed E-state index contributed by atoms with van der Waals surface area (Å²) in [4.78, 5) is 0. The molecule has 0 spiro atoms. The molecule has 3 heteroatoms. The molecule has 0 saturated heterocycles. The topological polar surface area (TPSA) is 55.5 Å². The summed E-state index contributed by atoms with van der Waals surface area (Å²) in [5.74, 6) is 1.11. The van der Waals surface area contributed by atoms with E-state index in [9.17, 15) is 5.11 Å². The third-order valence-corrected chi connectivity index (χ3v) is 2.41. The SMILES string of the molecule is Cc1cc2c(cc1O)C(N)CCO2. The largest absolute Gasteiger partial charge is 0.508 e. The molecule has 1 aromatic carbocycles. The fraction of sp³-hybridized carbons (Fsp3) is 0.400. The third-order valence-electron chi connectivity index (χ3n) is 2.41. The van der Waals surface area contributed by atoms with Crippen molar-refractivity contribution in [1.82, 2.24) is 0 Å². The molecule has 13 heavy (non-hydrogen) atoms. The Labute approximate surface area is 77.1 Å². The summed E-state index contributed by atoms with van der Waals surface area (Å²) < 4.78 is 5.44.